The van der Waals surface area contributed by atoms with Crippen LogP contribution >= 0.6 is 7.82 Å². The number of unbranched alkanes of at least 4 members (excludes halogenated alkanes) is 6. The van der Waals surface area contributed by atoms with E-state index in [1.54, 1.807) is 0 Å². The van der Waals surface area contributed by atoms with Gasteiger partial charge in [0.2, 0.25) is 0 Å². The molecular formula is C12H25O4P. The molecule has 0 heterocycles. The molecular weight excluding hydrogens is 239 g/mol. The number of allylic oxidation sites excluding steroid dienone is 2. The normalized spacial score (nSPS) is 12.4. The Bertz CT molecular complexity index is 235. The highest BCUT2D eigenvalue weighted by molar-refractivity contribution is 7.46. The van der Waals surface area contributed by atoms with Gasteiger partial charge in [-0.25, -0.2) is 4.57 Å². The second-order valence-corrected chi connectivity index (χ2v) is 5.35. The van der Waals surface area contributed by atoms with Crippen LogP contribution < -0.4 is 0 Å². The van der Waals surface area contributed by atoms with Crippen LogP contribution in [0.15, 0.2) is 12.2 Å². The van der Waals surface area contributed by atoms with Crippen LogP contribution in [0, 0.1) is 0 Å². The minimum Gasteiger partial charge on any atom is -0.303 e. The van der Waals surface area contributed by atoms with Gasteiger partial charge in [-0.15, -0.1) is 0 Å². The quantitative estimate of drug-likeness (QED) is 0.338. The van der Waals surface area contributed by atoms with Gasteiger partial charge >= 0.3 is 7.82 Å². The fourth-order valence-corrected chi connectivity index (χ4v) is 1.91. The summed E-state index contributed by atoms with van der Waals surface area (Å²) in [5.41, 5.74) is 0. The highest BCUT2D eigenvalue weighted by Crippen LogP contribution is 2.35. The molecule has 0 saturated carbocycles. The van der Waals surface area contributed by atoms with Crippen LogP contribution in [0.5, 0.6) is 0 Å². The summed E-state index contributed by atoms with van der Waals surface area (Å²) in [7, 11) is -4.25. The molecule has 0 aromatic heterocycles. The fraction of sp³-hybridized carbons (Fsp3) is 0.833. The first-order valence-corrected chi connectivity index (χ1v) is 7.94. The Morgan fingerprint density at radius 1 is 1.00 bits per heavy atom. The van der Waals surface area contributed by atoms with E-state index in [0.717, 1.165) is 32.1 Å². The van der Waals surface area contributed by atoms with Crippen LogP contribution in [0.1, 0.15) is 58.3 Å². The molecule has 0 aliphatic heterocycles. The largest absolute Gasteiger partial charge is 0.469 e. The molecule has 0 radical (unpaired) electrons. The van der Waals surface area contributed by atoms with Crippen molar-refractivity contribution in [1.82, 2.24) is 0 Å². The Hall–Kier alpha value is -0.150. The summed E-state index contributed by atoms with van der Waals surface area (Å²) in [6, 6.07) is 0. The lowest BCUT2D eigenvalue weighted by atomic mass is 10.1. The van der Waals surface area contributed by atoms with Crippen molar-refractivity contribution in [2.45, 2.75) is 58.3 Å². The first-order valence-electron chi connectivity index (χ1n) is 6.41. The molecule has 0 aromatic rings. The number of phosphoric ester groups is 1. The molecule has 5 heteroatoms. The van der Waals surface area contributed by atoms with E-state index in [0.29, 0.717) is 0 Å². The van der Waals surface area contributed by atoms with Crippen molar-refractivity contribution in [3.05, 3.63) is 12.2 Å². The monoisotopic (exact) mass is 264 g/mol. The lowest BCUT2D eigenvalue weighted by Gasteiger charge is -2.04. The second kappa shape index (κ2) is 11.0. The summed E-state index contributed by atoms with van der Waals surface area (Å²) in [6.07, 6.45) is 13.2. The molecule has 0 fully saturated rings. The third-order valence-electron chi connectivity index (χ3n) is 2.43. The third kappa shape index (κ3) is 15.9. The summed E-state index contributed by atoms with van der Waals surface area (Å²) >= 11 is 0. The molecule has 4 nitrogen and oxygen atoms in total. The molecule has 0 aromatic carbocycles. The van der Waals surface area contributed by atoms with Crippen LogP contribution in [0.4, 0.5) is 0 Å². The molecule has 0 atom stereocenters. The average Bonchev–Trinajstić information content (AvgIpc) is 2.24. The molecule has 0 aliphatic carbocycles. The Kier molecular flexibility index (Phi) is 10.9. The van der Waals surface area contributed by atoms with Crippen molar-refractivity contribution in [1.29, 1.82) is 0 Å². The van der Waals surface area contributed by atoms with Crippen LogP contribution in [0.3, 0.4) is 0 Å². The van der Waals surface area contributed by atoms with Crippen molar-refractivity contribution in [3.8, 4) is 0 Å². The van der Waals surface area contributed by atoms with Crippen molar-refractivity contribution in [2.24, 2.45) is 0 Å². The average molecular weight is 264 g/mol. The Balaban J connectivity index is 3.09. The molecule has 102 valence electrons. The zero-order valence-electron chi connectivity index (χ0n) is 10.7. The van der Waals surface area contributed by atoms with E-state index in [4.69, 9.17) is 9.79 Å². The van der Waals surface area contributed by atoms with Crippen molar-refractivity contribution < 1.29 is 18.9 Å². The topological polar surface area (TPSA) is 66.8 Å². The molecule has 17 heavy (non-hydrogen) atoms. The first kappa shape index (κ1) is 16.9. The molecule has 0 rings (SSSR count). The van der Waals surface area contributed by atoms with Gasteiger partial charge in [0.1, 0.15) is 0 Å². The molecule has 0 amide bonds. The Morgan fingerprint density at radius 2 is 1.59 bits per heavy atom. The maximum atomic E-state index is 10.4. The SMILES string of the molecule is CCC=CCCCCCCCCOP(=O)(O)O. The maximum absolute atomic E-state index is 10.4. The number of phosphoric acid groups is 1. The summed E-state index contributed by atoms with van der Waals surface area (Å²) in [4.78, 5) is 16.9. The Morgan fingerprint density at radius 3 is 2.18 bits per heavy atom. The Labute approximate surface area is 104 Å². The third-order valence-corrected chi connectivity index (χ3v) is 2.95. The van der Waals surface area contributed by atoms with Gasteiger partial charge in [-0.3, -0.25) is 4.52 Å². The summed E-state index contributed by atoms with van der Waals surface area (Å²) in [5.74, 6) is 0. The smallest absolute Gasteiger partial charge is 0.303 e. The zero-order valence-corrected chi connectivity index (χ0v) is 11.6. The summed E-state index contributed by atoms with van der Waals surface area (Å²) < 4.78 is 14.7. The van der Waals surface area contributed by atoms with Crippen molar-refractivity contribution in [2.75, 3.05) is 6.61 Å². The van der Waals surface area contributed by atoms with Gasteiger partial charge in [-0.1, -0.05) is 44.8 Å². The molecule has 0 unspecified atom stereocenters. The van der Waals surface area contributed by atoms with Gasteiger partial charge in [0.15, 0.2) is 0 Å². The van der Waals surface area contributed by atoms with Crippen LogP contribution in [-0.2, 0) is 9.09 Å². The van der Waals surface area contributed by atoms with Gasteiger partial charge in [0.25, 0.3) is 0 Å². The predicted molar refractivity (Wildman–Crippen MR) is 69.7 cm³/mol. The first-order chi connectivity index (χ1) is 8.06. The lowest BCUT2D eigenvalue weighted by Crippen LogP contribution is -1.92. The minimum absolute atomic E-state index is 0.156. The van der Waals surface area contributed by atoms with Crippen LogP contribution in [0.25, 0.3) is 0 Å². The summed E-state index contributed by atoms with van der Waals surface area (Å²) in [6.45, 7) is 2.29. The van der Waals surface area contributed by atoms with E-state index in [2.05, 4.69) is 23.6 Å². The molecule has 0 saturated heterocycles. The van der Waals surface area contributed by atoms with Gasteiger partial charge < -0.3 is 9.79 Å². The van der Waals surface area contributed by atoms with Crippen molar-refractivity contribution in [3.63, 3.8) is 0 Å². The van der Waals surface area contributed by atoms with Gasteiger partial charge in [0, 0.05) is 0 Å². The predicted octanol–water partition coefficient (Wildman–Crippen LogP) is 3.79. The molecule has 0 bridgehead atoms. The van der Waals surface area contributed by atoms with Crippen LogP contribution in [0.2, 0.25) is 0 Å². The summed E-state index contributed by atoms with van der Waals surface area (Å²) in [5, 5.41) is 0. The highest BCUT2D eigenvalue weighted by Gasteiger charge is 2.12. The van der Waals surface area contributed by atoms with Gasteiger partial charge in [-0.05, 0) is 25.7 Å². The van der Waals surface area contributed by atoms with Gasteiger partial charge in [0.05, 0.1) is 6.61 Å². The van der Waals surface area contributed by atoms with E-state index in [-0.39, 0.29) is 6.61 Å². The molecule has 0 aliphatic rings. The standard InChI is InChI=1S/C12H25O4P/c1-2-3-4-5-6-7-8-9-10-11-12-16-17(13,14)15/h3-4H,2,5-12H2,1H3,(H2,13,14,15). The van der Waals surface area contributed by atoms with E-state index in [1.165, 1.54) is 19.3 Å². The zero-order chi connectivity index (χ0) is 13.0. The fourth-order valence-electron chi connectivity index (χ4n) is 1.54. The second-order valence-electron chi connectivity index (χ2n) is 4.11. The number of hydrogen-bond acceptors (Lipinski definition) is 2. The maximum Gasteiger partial charge on any atom is 0.469 e. The van der Waals surface area contributed by atoms with Crippen LogP contribution in [-0.4, -0.2) is 16.4 Å². The van der Waals surface area contributed by atoms with E-state index in [9.17, 15) is 4.57 Å². The number of hydrogen-bond donors (Lipinski definition) is 2. The number of rotatable bonds is 11. The molecule has 0 spiro atoms. The van der Waals surface area contributed by atoms with E-state index < -0.39 is 7.82 Å². The minimum atomic E-state index is -4.25. The molecule has 2 N–H and O–H groups in total. The van der Waals surface area contributed by atoms with Gasteiger partial charge in [-0.2, -0.15) is 0 Å². The van der Waals surface area contributed by atoms with E-state index >= 15 is 0 Å². The highest BCUT2D eigenvalue weighted by atomic mass is 31.2. The lowest BCUT2D eigenvalue weighted by molar-refractivity contribution is 0.193. The van der Waals surface area contributed by atoms with Crippen molar-refractivity contribution >= 4 is 7.82 Å². The van der Waals surface area contributed by atoms with E-state index in [1.807, 2.05) is 0 Å².